The van der Waals surface area contributed by atoms with Crippen LogP contribution in [0.2, 0.25) is 0 Å². The second kappa shape index (κ2) is 10.5. The maximum absolute atomic E-state index is 15.7. The summed E-state index contributed by atoms with van der Waals surface area (Å²) in [5.74, 6) is -2.41. The van der Waals surface area contributed by atoms with E-state index >= 15 is 8.78 Å². The number of alkyl halides is 2. The van der Waals surface area contributed by atoms with Gasteiger partial charge in [0.1, 0.15) is 0 Å². The van der Waals surface area contributed by atoms with Gasteiger partial charge in [-0.05, 0) is 62.0 Å². The number of nitrogens with zero attached hydrogens (tertiary/aromatic N) is 2. The number of aromatic nitrogens is 2. The first-order valence-electron chi connectivity index (χ1n) is 15.6. The molecule has 1 aromatic heterocycles. The lowest BCUT2D eigenvalue weighted by Crippen LogP contribution is -2.10. The summed E-state index contributed by atoms with van der Waals surface area (Å²) in [5, 5.41) is 4.27. The van der Waals surface area contributed by atoms with E-state index in [-0.39, 0.29) is 11.1 Å². The van der Waals surface area contributed by atoms with Crippen molar-refractivity contribution in [2.24, 2.45) is 0 Å². The van der Waals surface area contributed by atoms with E-state index in [1.807, 2.05) is 84.9 Å². The fourth-order valence-corrected chi connectivity index (χ4v) is 6.92. The van der Waals surface area contributed by atoms with Crippen molar-refractivity contribution in [2.45, 2.75) is 5.92 Å². The van der Waals surface area contributed by atoms with Gasteiger partial charge in [0, 0.05) is 27.8 Å². The van der Waals surface area contributed by atoms with Crippen LogP contribution in [0.1, 0.15) is 11.1 Å². The number of hydrogen-bond donors (Lipinski definition) is 0. The molecular weight excluding hydrogens is 582 g/mol. The predicted octanol–water partition coefficient (Wildman–Crippen LogP) is 11.6. The minimum Gasteiger partial charge on any atom is -0.228 e. The Bertz CT molecular complexity index is 2500. The standard InChI is InChI=1S/C43H26F2N2/c44-43(45)38-17-9-8-16-35(38)36-21-20-30(25-39(36)43)32-22-23-37(34-15-7-6-14-33(32)34)41-26-40(46-42(47-41)28-11-2-1-3-12-28)31-19-18-27-10-4-5-13-29(27)24-31/h1-26H. The molecule has 0 spiro atoms. The van der Waals surface area contributed by atoms with Crippen LogP contribution >= 0.6 is 0 Å². The van der Waals surface area contributed by atoms with Crippen molar-refractivity contribution in [3.63, 3.8) is 0 Å². The molecule has 4 heteroatoms. The fraction of sp³-hybridized carbons (Fsp3) is 0.0233. The molecule has 222 valence electrons. The maximum atomic E-state index is 15.7. The molecular formula is C43H26F2N2. The second-order valence-corrected chi connectivity index (χ2v) is 12.0. The van der Waals surface area contributed by atoms with Crippen molar-refractivity contribution in [2.75, 3.05) is 0 Å². The molecule has 9 rings (SSSR count). The Morgan fingerprint density at radius 3 is 1.85 bits per heavy atom. The fourth-order valence-electron chi connectivity index (χ4n) is 6.92. The quantitative estimate of drug-likeness (QED) is 0.199. The monoisotopic (exact) mass is 608 g/mol. The van der Waals surface area contributed by atoms with E-state index < -0.39 is 5.92 Å². The lowest BCUT2D eigenvalue weighted by molar-refractivity contribution is 0.0480. The molecule has 0 fully saturated rings. The number of hydrogen-bond acceptors (Lipinski definition) is 2. The highest BCUT2D eigenvalue weighted by molar-refractivity contribution is 6.05. The number of rotatable bonds is 4. The van der Waals surface area contributed by atoms with Gasteiger partial charge in [-0.15, -0.1) is 0 Å². The highest BCUT2D eigenvalue weighted by Gasteiger charge is 2.44. The van der Waals surface area contributed by atoms with Crippen LogP contribution < -0.4 is 0 Å². The van der Waals surface area contributed by atoms with E-state index in [1.165, 1.54) is 11.5 Å². The average molecular weight is 609 g/mol. The normalized spacial score (nSPS) is 13.1. The minimum atomic E-state index is -3.05. The molecule has 7 aromatic carbocycles. The number of fused-ring (bicyclic) bond motifs is 5. The molecule has 1 heterocycles. The van der Waals surface area contributed by atoms with Crippen LogP contribution in [0.15, 0.2) is 158 Å². The third-order valence-electron chi connectivity index (χ3n) is 9.23. The van der Waals surface area contributed by atoms with Gasteiger partial charge < -0.3 is 0 Å². The van der Waals surface area contributed by atoms with Gasteiger partial charge in [-0.3, -0.25) is 0 Å². The Morgan fingerprint density at radius 1 is 0.383 bits per heavy atom. The summed E-state index contributed by atoms with van der Waals surface area (Å²) in [6, 6.07) is 51.2. The first kappa shape index (κ1) is 27.3. The van der Waals surface area contributed by atoms with Crippen LogP contribution in [0.4, 0.5) is 8.78 Å². The summed E-state index contributed by atoms with van der Waals surface area (Å²) in [6.07, 6.45) is 0. The largest absolute Gasteiger partial charge is 0.299 e. The Morgan fingerprint density at radius 2 is 1.00 bits per heavy atom. The zero-order valence-corrected chi connectivity index (χ0v) is 25.2. The Kier molecular flexibility index (Phi) is 6.12. The zero-order chi connectivity index (χ0) is 31.5. The lowest BCUT2D eigenvalue weighted by atomic mass is 9.91. The summed E-state index contributed by atoms with van der Waals surface area (Å²) in [6.45, 7) is 0. The van der Waals surface area contributed by atoms with Crippen LogP contribution in [0.3, 0.4) is 0 Å². The zero-order valence-electron chi connectivity index (χ0n) is 25.2. The summed E-state index contributed by atoms with van der Waals surface area (Å²) in [7, 11) is 0. The summed E-state index contributed by atoms with van der Waals surface area (Å²) < 4.78 is 31.3. The molecule has 1 aliphatic carbocycles. The average Bonchev–Trinajstić information content (AvgIpc) is 3.36. The summed E-state index contributed by atoms with van der Waals surface area (Å²) in [5.41, 5.74) is 7.45. The Labute approximate surface area is 270 Å². The molecule has 0 radical (unpaired) electrons. The smallest absolute Gasteiger partial charge is 0.228 e. The molecule has 0 atom stereocenters. The maximum Gasteiger partial charge on any atom is 0.299 e. The third kappa shape index (κ3) is 4.44. The molecule has 0 unspecified atom stereocenters. The number of benzene rings is 7. The highest BCUT2D eigenvalue weighted by atomic mass is 19.3. The van der Waals surface area contributed by atoms with E-state index in [0.717, 1.165) is 55.4 Å². The van der Waals surface area contributed by atoms with Crippen molar-refractivity contribution in [3.8, 4) is 56.2 Å². The van der Waals surface area contributed by atoms with Gasteiger partial charge in [0.15, 0.2) is 5.82 Å². The van der Waals surface area contributed by atoms with Crippen LogP contribution in [0.25, 0.3) is 77.7 Å². The van der Waals surface area contributed by atoms with Crippen molar-refractivity contribution in [1.29, 1.82) is 0 Å². The van der Waals surface area contributed by atoms with Crippen LogP contribution in [-0.4, -0.2) is 9.97 Å². The van der Waals surface area contributed by atoms with Crippen molar-refractivity contribution in [3.05, 3.63) is 169 Å². The minimum absolute atomic E-state index is 0.0488. The van der Waals surface area contributed by atoms with Crippen LogP contribution in [0.5, 0.6) is 0 Å². The third-order valence-corrected chi connectivity index (χ3v) is 9.23. The molecule has 0 bridgehead atoms. The van der Waals surface area contributed by atoms with Gasteiger partial charge in [-0.1, -0.05) is 140 Å². The van der Waals surface area contributed by atoms with E-state index in [4.69, 9.17) is 9.97 Å². The molecule has 0 aliphatic heterocycles. The van der Waals surface area contributed by atoms with Crippen LogP contribution in [0, 0.1) is 0 Å². The van der Waals surface area contributed by atoms with Gasteiger partial charge in [-0.2, -0.15) is 8.78 Å². The van der Waals surface area contributed by atoms with E-state index in [2.05, 4.69) is 48.5 Å². The Balaban J connectivity index is 1.22. The summed E-state index contributed by atoms with van der Waals surface area (Å²) >= 11 is 0. The van der Waals surface area contributed by atoms with Crippen LogP contribution in [-0.2, 0) is 5.92 Å². The molecule has 1 aliphatic rings. The van der Waals surface area contributed by atoms with Gasteiger partial charge in [0.05, 0.1) is 11.4 Å². The Hall–Kier alpha value is -6.00. The van der Waals surface area contributed by atoms with Crippen molar-refractivity contribution < 1.29 is 8.78 Å². The van der Waals surface area contributed by atoms with Gasteiger partial charge in [0.25, 0.3) is 5.92 Å². The van der Waals surface area contributed by atoms with Crippen molar-refractivity contribution >= 4 is 21.5 Å². The lowest BCUT2D eigenvalue weighted by Gasteiger charge is -2.16. The molecule has 47 heavy (non-hydrogen) atoms. The predicted molar refractivity (Wildman–Crippen MR) is 187 cm³/mol. The van der Waals surface area contributed by atoms with Crippen molar-refractivity contribution in [1.82, 2.24) is 9.97 Å². The second-order valence-electron chi connectivity index (χ2n) is 12.0. The highest BCUT2D eigenvalue weighted by Crippen LogP contribution is 2.52. The first-order chi connectivity index (χ1) is 23.0. The van der Waals surface area contributed by atoms with Gasteiger partial charge >= 0.3 is 0 Å². The molecule has 0 N–H and O–H groups in total. The summed E-state index contributed by atoms with van der Waals surface area (Å²) in [4.78, 5) is 10.1. The van der Waals surface area contributed by atoms with E-state index in [0.29, 0.717) is 17.0 Å². The molecule has 0 saturated heterocycles. The molecule has 2 nitrogen and oxygen atoms in total. The SMILES string of the molecule is FC1(F)c2ccccc2-c2ccc(-c3ccc(-c4cc(-c5ccc6ccccc6c5)nc(-c5ccccc5)n4)c4ccccc34)cc21. The van der Waals surface area contributed by atoms with Gasteiger partial charge in [0.2, 0.25) is 0 Å². The first-order valence-corrected chi connectivity index (χ1v) is 15.6. The molecule has 0 saturated carbocycles. The number of halogens is 2. The topological polar surface area (TPSA) is 25.8 Å². The van der Waals surface area contributed by atoms with E-state index in [9.17, 15) is 0 Å². The molecule has 8 aromatic rings. The van der Waals surface area contributed by atoms with Gasteiger partial charge in [-0.25, -0.2) is 9.97 Å². The van der Waals surface area contributed by atoms with E-state index in [1.54, 1.807) is 18.2 Å². The molecule has 0 amide bonds.